The van der Waals surface area contributed by atoms with Gasteiger partial charge in [-0.3, -0.25) is 0 Å². The normalized spacial score (nSPS) is 11.0. The van der Waals surface area contributed by atoms with E-state index in [1.165, 1.54) is 21.2 Å². The Balaban J connectivity index is 2.80. The zero-order chi connectivity index (χ0) is 9.42. The van der Waals surface area contributed by atoms with Crippen LogP contribution in [0, 0.1) is 6.92 Å². The van der Waals surface area contributed by atoms with Crippen LogP contribution in [0.25, 0.3) is 10.1 Å². The molecule has 0 saturated heterocycles. The van der Waals surface area contributed by atoms with Crippen molar-refractivity contribution in [1.82, 2.24) is 0 Å². The molecule has 2 rings (SSSR count). The minimum absolute atomic E-state index is 0.864. The van der Waals surface area contributed by atoms with Crippen molar-refractivity contribution in [3.63, 3.8) is 0 Å². The second-order valence-electron chi connectivity index (χ2n) is 3.03. The summed E-state index contributed by atoms with van der Waals surface area (Å²) in [6.45, 7) is 2.11. The maximum atomic E-state index is 5.97. The van der Waals surface area contributed by atoms with Gasteiger partial charge in [0.25, 0.3) is 0 Å². The first-order valence-corrected chi connectivity index (χ1v) is 6.27. The molecule has 0 N–H and O–H groups in total. The van der Waals surface area contributed by atoms with Crippen LogP contribution in [0.2, 0.25) is 4.34 Å². The molecular weight excluding hydrogens is 268 g/mol. The maximum absolute atomic E-state index is 5.97. The van der Waals surface area contributed by atoms with Crippen LogP contribution in [0.15, 0.2) is 18.2 Å². The van der Waals surface area contributed by atoms with Crippen molar-refractivity contribution < 1.29 is 0 Å². The molecule has 0 aliphatic heterocycles. The average molecular weight is 276 g/mol. The van der Waals surface area contributed by atoms with E-state index in [4.69, 9.17) is 11.6 Å². The van der Waals surface area contributed by atoms with Crippen molar-refractivity contribution in [2.75, 3.05) is 0 Å². The first kappa shape index (κ1) is 9.50. The van der Waals surface area contributed by atoms with Crippen LogP contribution >= 0.6 is 38.9 Å². The highest BCUT2D eigenvalue weighted by Gasteiger charge is 2.05. The second-order valence-corrected chi connectivity index (χ2v) is 5.27. The number of hydrogen-bond donors (Lipinski definition) is 0. The summed E-state index contributed by atoms with van der Waals surface area (Å²) < 4.78 is 2.16. The lowest BCUT2D eigenvalue weighted by molar-refractivity contribution is 1.42. The van der Waals surface area contributed by atoms with E-state index in [2.05, 4.69) is 35.0 Å². The predicted octanol–water partition coefficient (Wildman–Crippen LogP) is 4.76. The fourth-order valence-electron chi connectivity index (χ4n) is 1.46. The standard InChI is InChI=1S/C10H8BrClS/c1-6-2-7-4-9(12)13-10(7)8(3-6)5-11/h2-4H,5H2,1H3. The lowest BCUT2D eigenvalue weighted by Crippen LogP contribution is -1.79. The lowest BCUT2D eigenvalue weighted by Gasteiger charge is -1.99. The van der Waals surface area contributed by atoms with Gasteiger partial charge in [0.15, 0.2) is 0 Å². The molecular formula is C10H8BrClS. The van der Waals surface area contributed by atoms with Crippen LogP contribution < -0.4 is 0 Å². The fraction of sp³-hybridized carbons (Fsp3) is 0.200. The Morgan fingerprint density at radius 2 is 2.15 bits per heavy atom. The monoisotopic (exact) mass is 274 g/mol. The zero-order valence-corrected chi connectivity index (χ0v) is 10.3. The second kappa shape index (κ2) is 3.60. The van der Waals surface area contributed by atoms with Gasteiger partial charge in [0.2, 0.25) is 0 Å². The van der Waals surface area contributed by atoms with Crippen molar-refractivity contribution in [2.45, 2.75) is 12.3 Å². The molecule has 0 unspecified atom stereocenters. The quantitative estimate of drug-likeness (QED) is 0.658. The highest BCUT2D eigenvalue weighted by Crippen LogP contribution is 2.33. The minimum atomic E-state index is 0.864. The minimum Gasteiger partial charge on any atom is -0.123 e. The van der Waals surface area contributed by atoms with Crippen LogP contribution in [0.1, 0.15) is 11.1 Å². The Bertz CT molecular complexity index is 447. The van der Waals surface area contributed by atoms with Gasteiger partial charge in [0.05, 0.1) is 4.34 Å². The van der Waals surface area contributed by atoms with Crippen molar-refractivity contribution >= 4 is 49.0 Å². The first-order chi connectivity index (χ1) is 6.20. The summed E-state index contributed by atoms with van der Waals surface area (Å²) >= 11 is 11.1. The molecule has 0 nitrogen and oxygen atoms in total. The van der Waals surface area contributed by atoms with Crippen molar-refractivity contribution in [2.24, 2.45) is 0 Å². The molecule has 0 fully saturated rings. The Hall–Kier alpha value is -0.0500. The largest absolute Gasteiger partial charge is 0.123 e. The molecule has 0 radical (unpaired) electrons. The molecule has 3 heteroatoms. The number of hydrogen-bond acceptors (Lipinski definition) is 1. The number of benzene rings is 1. The Labute approximate surface area is 94.7 Å². The SMILES string of the molecule is Cc1cc(CBr)c2sc(Cl)cc2c1. The van der Waals surface area contributed by atoms with Crippen LogP contribution in [0.3, 0.4) is 0 Å². The van der Waals surface area contributed by atoms with Crippen molar-refractivity contribution in [3.05, 3.63) is 33.7 Å². The lowest BCUT2D eigenvalue weighted by atomic mass is 10.1. The predicted molar refractivity (Wildman–Crippen MR) is 64.2 cm³/mol. The molecule has 0 atom stereocenters. The Morgan fingerprint density at radius 1 is 1.38 bits per heavy atom. The van der Waals surface area contributed by atoms with E-state index >= 15 is 0 Å². The summed E-state index contributed by atoms with van der Waals surface area (Å²) in [5, 5.41) is 2.15. The summed E-state index contributed by atoms with van der Waals surface area (Å²) in [5.41, 5.74) is 2.61. The van der Waals surface area contributed by atoms with Crippen LogP contribution in [-0.2, 0) is 5.33 Å². The summed E-state index contributed by atoms with van der Waals surface area (Å²) in [7, 11) is 0. The number of alkyl halides is 1. The number of halogens is 2. The topological polar surface area (TPSA) is 0 Å². The van der Waals surface area contributed by atoms with Crippen molar-refractivity contribution in [3.8, 4) is 0 Å². The molecule has 68 valence electrons. The third kappa shape index (κ3) is 1.76. The van der Waals surface area contributed by atoms with Crippen LogP contribution in [0.4, 0.5) is 0 Å². The van der Waals surface area contributed by atoms with E-state index in [9.17, 15) is 0 Å². The molecule has 0 amide bonds. The van der Waals surface area contributed by atoms with Gasteiger partial charge in [-0.1, -0.05) is 45.2 Å². The molecule has 0 aliphatic carbocycles. The average Bonchev–Trinajstić information content (AvgIpc) is 2.43. The molecule has 1 aromatic heterocycles. The molecule has 0 aliphatic rings. The van der Waals surface area contributed by atoms with E-state index in [0.717, 1.165) is 9.67 Å². The highest BCUT2D eigenvalue weighted by atomic mass is 79.9. The molecule has 1 heterocycles. The Kier molecular flexibility index (Phi) is 2.63. The number of fused-ring (bicyclic) bond motifs is 1. The van der Waals surface area contributed by atoms with Gasteiger partial charge in [-0.25, -0.2) is 0 Å². The van der Waals surface area contributed by atoms with Crippen LogP contribution in [-0.4, -0.2) is 0 Å². The summed E-state index contributed by atoms with van der Waals surface area (Å²) in [5.74, 6) is 0. The summed E-state index contributed by atoms with van der Waals surface area (Å²) in [4.78, 5) is 0. The third-order valence-corrected chi connectivity index (χ3v) is 3.91. The highest BCUT2D eigenvalue weighted by molar-refractivity contribution is 9.08. The van der Waals surface area contributed by atoms with E-state index in [1.54, 1.807) is 11.3 Å². The van der Waals surface area contributed by atoms with Gasteiger partial charge in [0.1, 0.15) is 0 Å². The van der Waals surface area contributed by atoms with Gasteiger partial charge >= 0.3 is 0 Å². The van der Waals surface area contributed by atoms with E-state index in [-0.39, 0.29) is 0 Å². The molecule has 1 aromatic carbocycles. The van der Waals surface area contributed by atoms with Gasteiger partial charge in [0, 0.05) is 10.0 Å². The summed E-state index contributed by atoms with van der Waals surface area (Å²) in [6, 6.07) is 6.40. The van der Waals surface area contributed by atoms with E-state index < -0.39 is 0 Å². The molecule has 0 spiro atoms. The molecule has 0 bridgehead atoms. The smallest absolute Gasteiger partial charge is 0.0940 e. The molecule has 0 saturated carbocycles. The fourth-order valence-corrected chi connectivity index (χ4v) is 3.31. The van der Waals surface area contributed by atoms with Gasteiger partial charge < -0.3 is 0 Å². The van der Waals surface area contributed by atoms with E-state index in [0.29, 0.717) is 0 Å². The maximum Gasteiger partial charge on any atom is 0.0940 e. The molecule has 13 heavy (non-hydrogen) atoms. The van der Waals surface area contributed by atoms with E-state index in [1.807, 2.05) is 6.07 Å². The zero-order valence-electron chi connectivity index (χ0n) is 7.10. The van der Waals surface area contributed by atoms with Gasteiger partial charge in [-0.05, 0) is 23.9 Å². The third-order valence-electron chi connectivity index (χ3n) is 1.95. The number of aryl methyl sites for hydroxylation is 1. The summed E-state index contributed by atoms with van der Waals surface area (Å²) in [6.07, 6.45) is 0. The van der Waals surface area contributed by atoms with Crippen LogP contribution in [0.5, 0.6) is 0 Å². The molecule has 2 aromatic rings. The first-order valence-electron chi connectivity index (χ1n) is 3.95. The number of rotatable bonds is 1. The van der Waals surface area contributed by atoms with Gasteiger partial charge in [-0.15, -0.1) is 11.3 Å². The van der Waals surface area contributed by atoms with Gasteiger partial charge in [-0.2, -0.15) is 0 Å². The Morgan fingerprint density at radius 3 is 2.85 bits per heavy atom. The number of thiophene rings is 1. The van der Waals surface area contributed by atoms with Crippen molar-refractivity contribution in [1.29, 1.82) is 0 Å².